The number of hydrogen-bond acceptors (Lipinski definition) is 2. The summed E-state index contributed by atoms with van der Waals surface area (Å²) in [6, 6.07) is 5.83. The lowest BCUT2D eigenvalue weighted by Gasteiger charge is -2.35. The molecule has 4 rings (SSSR count). The van der Waals surface area contributed by atoms with Crippen molar-refractivity contribution in [3.8, 4) is 0 Å². The molecule has 0 aliphatic carbocycles. The topological polar surface area (TPSA) is 21.1 Å². The first kappa shape index (κ1) is 10.6. The van der Waals surface area contributed by atoms with Crippen LogP contribution in [0.4, 0.5) is 0 Å². The van der Waals surface area contributed by atoms with Crippen molar-refractivity contribution in [3.63, 3.8) is 0 Å². The van der Waals surface area contributed by atoms with Gasteiger partial charge in [-0.05, 0) is 44.4 Å². The van der Waals surface area contributed by atoms with Crippen LogP contribution in [0, 0.1) is 0 Å². The number of hydrogen-bond donors (Lipinski definition) is 0. The first-order chi connectivity index (χ1) is 8.92. The number of pyridine rings is 1. The number of piperidine rings is 1. The monoisotopic (exact) mass is 241 g/mol. The second kappa shape index (κ2) is 4.09. The Balaban J connectivity index is 1.67. The lowest BCUT2D eigenvalue weighted by atomic mass is 9.97. The fourth-order valence-electron chi connectivity index (χ4n) is 3.77. The van der Waals surface area contributed by atoms with Crippen LogP contribution in [0.5, 0.6) is 0 Å². The van der Waals surface area contributed by atoms with Gasteiger partial charge in [-0.3, -0.25) is 4.98 Å². The predicted octanol–water partition coefficient (Wildman–Crippen LogP) is 2.84. The largest absolute Gasteiger partial charge is 0.343 e. The van der Waals surface area contributed by atoms with Gasteiger partial charge in [-0.1, -0.05) is 0 Å². The molecule has 3 nitrogen and oxygen atoms in total. The van der Waals surface area contributed by atoms with Crippen molar-refractivity contribution in [3.05, 3.63) is 30.7 Å². The van der Waals surface area contributed by atoms with Crippen molar-refractivity contribution in [2.75, 3.05) is 13.1 Å². The van der Waals surface area contributed by atoms with Gasteiger partial charge in [0.1, 0.15) is 0 Å². The van der Waals surface area contributed by atoms with E-state index in [4.69, 9.17) is 0 Å². The molecule has 2 aromatic rings. The molecule has 2 aromatic heterocycles. The smallest absolute Gasteiger partial charge is 0.0669 e. The van der Waals surface area contributed by atoms with Gasteiger partial charge in [0.15, 0.2) is 0 Å². The quantitative estimate of drug-likeness (QED) is 0.765. The Morgan fingerprint density at radius 3 is 3.11 bits per heavy atom. The molecule has 2 fully saturated rings. The lowest BCUT2D eigenvalue weighted by Crippen LogP contribution is -2.38. The van der Waals surface area contributed by atoms with E-state index in [1.807, 2.05) is 12.4 Å². The molecule has 0 saturated carbocycles. The number of rotatable bonds is 1. The van der Waals surface area contributed by atoms with Crippen LogP contribution in [0.25, 0.3) is 10.9 Å². The van der Waals surface area contributed by atoms with E-state index in [1.165, 1.54) is 49.7 Å². The molecule has 4 heterocycles. The second-order valence-electron chi connectivity index (χ2n) is 5.67. The van der Waals surface area contributed by atoms with E-state index < -0.39 is 0 Å². The minimum Gasteiger partial charge on any atom is -0.343 e. The molecule has 0 amide bonds. The Hall–Kier alpha value is -1.35. The third kappa shape index (κ3) is 1.57. The summed E-state index contributed by atoms with van der Waals surface area (Å²) in [7, 11) is 0. The van der Waals surface area contributed by atoms with Gasteiger partial charge < -0.3 is 9.47 Å². The Morgan fingerprint density at radius 1 is 1.11 bits per heavy atom. The Morgan fingerprint density at radius 2 is 2.11 bits per heavy atom. The molecule has 0 bridgehead atoms. The second-order valence-corrected chi connectivity index (χ2v) is 5.67. The maximum atomic E-state index is 4.28. The highest BCUT2D eigenvalue weighted by molar-refractivity contribution is 5.79. The highest BCUT2D eigenvalue weighted by Crippen LogP contribution is 2.34. The molecule has 0 spiro atoms. The van der Waals surface area contributed by atoms with Crippen molar-refractivity contribution in [1.29, 1.82) is 0 Å². The zero-order valence-corrected chi connectivity index (χ0v) is 10.6. The summed E-state index contributed by atoms with van der Waals surface area (Å²) < 4.78 is 2.46. The van der Waals surface area contributed by atoms with Gasteiger partial charge in [0, 0.05) is 36.4 Å². The van der Waals surface area contributed by atoms with Crippen molar-refractivity contribution >= 4 is 10.9 Å². The van der Waals surface area contributed by atoms with Crippen molar-refractivity contribution in [2.24, 2.45) is 0 Å². The molecule has 2 aliphatic rings. The van der Waals surface area contributed by atoms with Crippen LogP contribution in [0.3, 0.4) is 0 Å². The molecule has 94 valence electrons. The summed E-state index contributed by atoms with van der Waals surface area (Å²) in [4.78, 5) is 6.96. The van der Waals surface area contributed by atoms with Gasteiger partial charge in [-0.2, -0.15) is 0 Å². The summed E-state index contributed by atoms with van der Waals surface area (Å²) in [5.41, 5.74) is 1.30. The van der Waals surface area contributed by atoms with E-state index in [2.05, 4.69) is 32.8 Å². The number of fused-ring (bicyclic) bond motifs is 2. The third-order valence-corrected chi connectivity index (χ3v) is 4.71. The molecular weight excluding hydrogens is 222 g/mol. The van der Waals surface area contributed by atoms with Crippen LogP contribution < -0.4 is 0 Å². The van der Waals surface area contributed by atoms with Crippen molar-refractivity contribution < 1.29 is 0 Å². The molecule has 2 atom stereocenters. The van der Waals surface area contributed by atoms with E-state index >= 15 is 0 Å². The van der Waals surface area contributed by atoms with Crippen LogP contribution in [-0.2, 0) is 0 Å². The average molecular weight is 241 g/mol. The molecule has 18 heavy (non-hydrogen) atoms. The molecular formula is C15H19N3. The summed E-state index contributed by atoms with van der Waals surface area (Å²) in [6.07, 6.45) is 11.5. The molecule has 0 aromatic carbocycles. The number of aromatic nitrogens is 2. The van der Waals surface area contributed by atoms with Crippen molar-refractivity contribution in [2.45, 2.75) is 37.8 Å². The predicted molar refractivity (Wildman–Crippen MR) is 72.6 cm³/mol. The fourth-order valence-corrected chi connectivity index (χ4v) is 3.77. The maximum Gasteiger partial charge on any atom is 0.0669 e. The SMILES string of the molecule is c1cc2ccn(C3CCN4CCCC4C3)c2cn1. The Labute approximate surface area is 107 Å². The standard InChI is InChI=1S/C15H19N3/c1-2-13-10-14(5-8-17(13)7-1)18-9-4-12-3-6-16-11-15(12)18/h3-4,6,9,11,13-14H,1-2,5,7-8,10H2. The van der Waals surface area contributed by atoms with E-state index in [9.17, 15) is 0 Å². The minimum atomic E-state index is 0.672. The maximum absolute atomic E-state index is 4.28. The summed E-state index contributed by atoms with van der Waals surface area (Å²) in [5, 5.41) is 1.32. The molecule has 0 N–H and O–H groups in total. The zero-order valence-electron chi connectivity index (χ0n) is 10.6. The van der Waals surface area contributed by atoms with Crippen LogP contribution in [0.15, 0.2) is 30.7 Å². The van der Waals surface area contributed by atoms with Gasteiger partial charge in [-0.25, -0.2) is 0 Å². The summed E-state index contributed by atoms with van der Waals surface area (Å²) in [6.45, 7) is 2.60. The van der Waals surface area contributed by atoms with Gasteiger partial charge in [-0.15, -0.1) is 0 Å². The van der Waals surface area contributed by atoms with E-state index in [1.54, 1.807) is 0 Å². The fraction of sp³-hybridized carbons (Fsp3) is 0.533. The first-order valence-electron chi connectivity index (χ1n) is 7.06. The Kier molecular flexibility index (Phi) is 2.40. The zero-order chi connectivity index (χ0) is 11.9. The molecule has 2 unspecified atom stereocenters. The van der Waals surface area contributed by atoms with Crippen LogP contribution in [0.2, 0.25) is 0 Å². The average Bonchev–Trinajstić information content (AvgIpc) is 3.04. The number of nitrogens with zero attached hydrogens (tertiary/aromatic N) is 3. The molecule has 2 aliphatic heterocycles. The molecule has 0 radical (unpaired) electrons. The van der Waals surface area contributed by atoms with E-state index in [-0.39, 0.29) is 0 Å². The highest BCUT2D eigenvalue weighted by atomic mass is 15.2. The van der Waals surface area contributed by atoms with Gasteiger partial charge in [0.2, 0.25) is 0 Å². The van der Waals surface area contributed by atoms with Gasteiger partial charge in [0.05, 0.1) is 11.7 Å². The van der Waals surface area contributed by atoms with E-state index in [0.717, 1.165) is 6.04 Å². The highest BCUT2D eigenvalue weighted by Gasteiger charge is 2.32. The molecule has 3 heteroatoms. The van der Waals surface area contributed by atoms with Crippen LogP contribution in [-0.4, -0.2) is 33.6 Å². The first-order valence-corrected chi connectivity index (χ1v) is 7.06. The summed E-state index contributed by atoms with van der Waals surface area (Å²) in [5.74, 6) is 0. The summed E-state index contributed by atoms with van der Waals surface area (Å²) >= 11 is 0. The molecule has 2 saturated heterocycles. The van der Waals surface area contributed by atoms with E-state index in [0.29, 0.717) is 6.04 Å². The Bertz CT molecular complexity index is 560. The van der Waals surface area contributed by atoms with Gasteiger partial charge >= 0.3 is 0 Å². The lowest BCUT2D eigenvalue weighted by molar-refractivity contribution is 0.157. The minimum absolute atomic E-state index is 0.672. The third-order valence-electron chi connectivity index (χ3n) is 4.71. The normalized spacial score (nSPS) is 28.7. The van der Waals surface area contributed by atoms with Crippen LogP contribution >= 0.6 is 0 Å². The van der Waals surface area contributed by atoms with Crippen LogP contribution in [0.1, 0.15) is 31.7 Å². The van der Waals surface area contributed by atoms with Crippen molar-refractivity contribution in [1.82, 2.24) is 14.5 Å². The van der Waals surface area contributed by atoms with Gasteiger partial charge in [0.25, 0.3) is 0 Å².